The van der Waals surface area contributed by atoms with E-state index in [9.17, 15) is 24.8 Å². The van der Waals surface area contributed by atoms with Crippen LogP contribution in [0, 0.1) is 10.1 Å². The van der Waals surface area contributed by atoms with Crippen LogP contribution in [0.5, 0.6) is 5.75 Å². The Hall–Kier alpha value is -3.72. The van der Waals surface area contributed by atoms with Crippen LogP contribution in [0.4, 0.5) is 17.1 Å². The number of phenolic OH excluding ortho intramolecular Hbond substituents is 1. The third-order valence-corrected chi connectivity index (χ3v) is 4.44. The lowest BCUT2D eigenvalue weighted by Crippen LogP contribution is -2.14. The fraction of sp³-hybridized carbons (Fsp3) is 0. The number of carbonyl (C=O) groups excluding carboxylic acids is 2. The molecule has 0 saturated carbocycles. The molecule has 0 aliphatic rings. The molecule has 0 aliphatic heterocycles. The Balaban J connectivity index is 1.77. The van der Waals surface area contributed by atoms with Gasteiger partial charge in [-0.15, -0.1) is 11.3 Å². The zero-order chi connectivity index (χ0) is 19.4. The number of anilines is 2. The zero-order valence-electron chi connectivity index (χ0n) is 13.7. The van der Waals surface area contributed by atoms with Crippen molar-refractivity contribution in [3.05, 3.63) is 80.5 Å². The van der Waals surface area contributed by atoms with Gasteiger partial charge in [0.2, 0.25) is 0 Å². The van der Waals surface area contributed by atoms with Gasteiger partial charge >= 0.3 is 0 Å². The number of thiophene rings is 1. The van der Waals surface area contributed by atoms with Gasteiger partial charge in [0.25, 0.3) is 17.5 Å². The zero-order valence-corrected chi connectivity index (χ0v) is 14.5. The van der Waals surface area contributed by atoms with Crippen molar-refractivity contribution in [3.63, 3.8) is 0 Å². The number of amides is 2. The first kappa shape index (κ1) is 18.1. The SMILES string of the molecule is O=C(Nc1cc([N+](=O)[O-])ccc1O)c1cccc(NC(=O)c2cccs2)c1. The molecule has 3 N–H and O–H groups in total. The van der Waals surface area contributed by atoms with Gasteiger partial charge in [-0.3, -0.25) is 19.7 Å². The van der Waals surface area contributed by atoms with Crippen molar-refractivity contribution in [3.8, 4) is 5.75 Å². The van der Waals surface area contributed by atoms with Crippen molar-refractivity contribution in [2.24, 2.45) is 0 Å². The largest absolute Gasteiger partial charge is 0.506 e. The predicted octanol–water partition coefficient (Wildman–Crippen LogP) is 3.87. The van der Waals surface area contributed by atoms with Crippen LogP contribution in [0.25, 0.3) is 0 Å². The van der Waals surface area contributed by atoms with Gasteiger partial charge in [-0.25, -0.2) is 0 Å². The summed E-state index contributed by atoms with van der Waals surface area (Å²) in [5.41, 5.74) is 0.288. The summed E-state index contributed by atoms with van der Waals surface area (Å²) in [4.78, 5) is 35.2. The van der Waals surface area contributed by atoms with Crippen LogP contribution in [0.15, 0.2) is 60.0 Å². The van der Waals surface area contributed by atoms with E-state index < -0.39 is 10.8 Å². The molecule has 0 radical (unpaired) electrons. The number of carbonyl (C=O) groups is 2. The van der Waals surface area contributed by atoms with Crippen LogP contribution in [0.1, 0.15) is 20.0 Å². The Bertz CT molecular complexity index is 1020. The molecule has 2 aromatic carbocycles. The maximum absolute atomic E-state index is 12.4. The summed E-state index contributed by atoms with van der Waals surface area (Å²) in [6, 6.07) is 13.0. The van der Waals surface area contributed by atoms with Crippen molar-refractivity contribution in [2.75, 3.05) is 10.6 Å². The van der Waals surface area contributed by atoms with Gasteiger partial charge in [-0.1, -0.05) is 12.1 Å². The third kappa shape index (κ3) is 4.28. The normalized spacial score (nSPS) is 10.2. The Morgan fingerprint density at radius 1 is 1.00 bits per heavy atom. The van der Waals surface area contributed by atoms with Gasteiger partial charge in [0.05, 0.1) is 15.5 Å². The average molecular weight is 383 g/mol. The molecule has 1 heterocycles. The van der Waals surface area contributed by atoms with E-state index in [1.807, 2.05) is 0 Å². The van der Waals surface area contributed by atoms with E-state index in [-0.39, 0.29) is 28.6 Å². The molecule has 136 valence electrons. The predicted molar refractivity (Wildman–Crippen MR) is 101 cm³/mol. The molecule has 8 nitrogen and oxygen atoms in total. The molecule has 0 atom stereocenters. The Morgan fingerprint density at radius 2 is 1.81 bits per heavy atom. The highest BCUT2D eigenvalue weighted by Crippen LogP contribution is 2.28. The summed E-state index contributed by atoms with van der Waals surface area (Å²) in [6.45, 7) is 0. The maximum atomic E-state index is 12.4. The van der Waals surface area contributed by atoms with E-state index in [0.717, 1.165) is 18.2 Å². The number of aromatic hydroxyl groups is 1. The van der Waals surface area contributed by atoms with Gasteiger partial charge in [0.1, 0.15) is 5.75 Å². The number of nitro benzene ring substituents is 1. The Kier molecular flexibility index (Phi) is 5.13. The van der Waals surface area contributed by atoms with Crippen molar-refractivity contribution in [1.82, 2.24) is 0 Å². The van der Waals surface area contributed by atoms with Crippen LogP contribution in [0.2, 0.25) is 0 Å². The topological polar surface area (TPSA) is 122 Å². The first-order valence-corrected chi connectivity index (χ1v) is 8.55. The summed E-state index contributed by atoms with van der Waals surface area (Å²) in [5.74, 6) is -1.17. The van der Waals surface area contributed by atoms with Crippen molar-refractivity contribution >= 4 is 40.2 Å². The van der Waals surface area contributed by atoms with Crippen molar-refractivity contribution < 1.29 is 19.6 Å². The Labute approximate surface area is 157 Å². The number of nitrogens with zero attached hydrogens (tertiary/aromatic N) is 1. The molecule has 27 heavy (non-hydrogen) atoms. The van der Waals surface area contributed by atoms with Crippen LogP contribution < -0.4 is 10.6 Å². The van der Waals surface area contributed by atoms with Crippen molar-refractivity contribution in [2.45, 2.75) is 0 Å². The van der Waals surface area contributed by atoms with E-state index >= 15 is 0 Å². The maximum Gasteiger partial charge on any atom is 0.271 e. The first-order chi connectivity index (χ1) is 12.9. The molecule has 0 bridgehead atoms. The smallest absolute Gasteiger partial charge is 0.271 e. The molecule has 0 aliphatic carbocycles. The molecule has 1 aromatic heterocycles. The van der Waals surface area contributed by atoms with Crippen LogP contribution >= 0.6 is 11.3 Å². The van der Waals surface area contributed by atoms with E-state index in [0.29, 0.717) is 10.6 Å². The molecule has 0 fully saturated rings. The third-order valence-electron chi connectivity index (χ3n) is 3.57. The molecule has 2 amide bonds. The number of rotatable bonds is 5. The van der Waals surface area contributed by atoms with E-state index in [1.54, 1.807) is 29.6 Å². The second-order valence-corrected chi connectivity index (χ2v) is 6.37. The molecule has 0 spiro atoms. The number of nitro groups is 1. The molecule has 3 rings (SSSR count). The molecule has 9 heteroatoms. The minimum Gasteiger partial charge on any atom is -0.506 e. The molecule has 0 unspecified atom stereocenters. The average Bonchev–Trinajstić information content (AvgIpc) is 3.18. The lowest BCUT2D eigenvalue weighted by molar-refractivity contribution is -0.384. The fourth-order valence-electron chi connectivity index (χ4n) is 2.27. The lowest BCUT2D eigenvalue weighted by atomic mass is 10.1. The minimum atomic E-state index is -0.629. The summed E-state index contributed by atoms with van der Waals surface area (Å²) >= 11 is 1.29. The van der Waals surface area contributed by atoms with E-state index in [1.165, 1.54) is 23.5 Å². The highest BCUT2D eigenvalue weighted by molar-refractivity contribution is 7.12. The number of non-ortho nitro benzene ring substituents is 1. The number of nitrogens with one attached hydrogen (secondary N) is 2. The van der Waals surface area contributed by atoms with Gasteiger partial charge in [-0.2, -0.15) is 0 Å². The summed E-state index contributed by atoms with van der Waals surface area (Å²) in [7, 11) is 0. The van der Waals surface area contributed by atoms with E-state index in [2.05, 4.69) is 10.6 Å². The fourth-order valence-corrected chi connectivity index (χ4v) is 2.89. The number of phenols is 1. The monoisotopic (exact) mass is 383 g/mol. The van der Waals surface area contributed by atoms with Gasteiger partial charge < -0.3 is 15.7 Å². The number of hydrogen-bond acceptors (Lipinski definition) is 6. The van der Waals surface area contributed by atoms with Crippen LogP contribution in [-0.4, -0.2) is 21.8 Å². The van der Waals surface area contributed by atoms with Crippen molar-refractivity contribution in [1.29, 1.82) is 0 Å². The summed E-state index contributed by atoms with van der Waals surface area (Å²) < 4.78 is 0. The second kappa shape index (κ2) is 7.67. The molecular formula is C18H13N3O5S. The lowest BCUT2D eigenvalue weighted by Gasteiger charge is -2.09. The molecule has 0 saturated heterocycles. The summed E-state index contributed by atoms with van der Waals surface area (Å²) in [5, 5.41) is 27.5. The quantitative estimate of drug-likeness (QED) is 0.351. The highest BCUT2D eigenvalue weighted by Gasteiger charge is 2.15. The summed E-state index contributed by atoms with van der Waals surface area (Å²) in [6.07, 6.45) is 0. The van der Waals surface area contributed by atoms with Crippen LogP contribution in [-0.2, 0) is 0 Å². The number of benzene rings is 2. The number of hydrogen-bond donors (Lipinski definition) is 3. The van der Waals surface area contributed by atoms with Crippen LogP contribution in [0.3, 0.4) is 0 Å². The highest BCUT2D eigenvalue weighted by atomic mass is 32.1. The first-order valence-electron chi connectivity index (χ1n) is 7.68. The minimum absolute atomic E-state index is 0.0813. The second-order valence-electron chi connectivity index (χ2n) is 5.42. The molecule has 3 aromatic rings. The standard InChI is InChI=1S/C18H13N3O5S/c22-15-7-6-13(21(25)26)10-14(15)20-17(23)11-3-1-4-12(9-11)19-18(24)16-5-2-8-27-16/h1-10,22H,(H,19,24)(H,20,23). The van der Waals surface area contributed by atoms with Gasteiger partial charge in [0.15, 0.2) is 0 Å². The Morgan fingerprint density at radius 3 is 2.52 bits per heavy atom. The van der Waals surface area contributed by atoms with Gasteiger partial charge in [0, 0.05) is 23.4 Å². The van der Waals surface area contributed by atoms with E-state index in [4.69, 9.17) is 0 Å². The molecular weight excluding hydrogens is 370 g/mol. The van der Waals surface area contributed by atoms with Gasteiger partial charge in [-0.05, 0) is 35.7 Å².